The van der Waals surface area contributed by atoms with E-state index in [0.717, 1.165) is 29.4 Å². The first-order valence-electron chi connectivity index (χ1n) is 7.19. The Morgan fingerprint density at radius 2 is 1.95 bits per heavy atom. The summed E-state index contributed by atoms with van der Waals surface area (Å²) >= 11 is 3.47. The first-order chi connectivity index (χ1) is 9.33. The van der Waals surface area contributed by atoms with Gasteiger partial charge in [0.15, 0.2) is 11.5 Å². The standard InChI is InChI=1S/C16H23BrO2/c1-18-15-8-7-14(12-17)11-16(15)19-10-9-13-5-3-2-4-6-13/h7-8,11,13H,2-6,9-10,12H2,1H3. The van der Waals surface area contributed by atoms with Crippen molar-refractivity contribution in [2.75, 3.05) is 13.7 Å². The Labute approximate surface area is 124 Å². The highest BCUT2D eigenvalue weighted by Gasteiger charge is 2.13. The van der Waals surface area contributed by atoms with E-state index in [1.54, 1.807) is 7.11 Å². The van der Waals surface area contributed by atoms with Gasteiger partial charge in [0.2, 0.25) is 0 Å². The molecule has 0 saturated heterocycles. The van der Waals surface area contributed by atoms with Crippen LogP contribution in [0, 0.1) is 5.92 Å². The molecule has 0 atom stereocenters. The fourth-order valence-electron chi connectivity index (χ4n) is 2.73. The largest absolute Gasteiger partial charge is 0.493 e. The van der Waals surface area contributed by atoms with Crippen molar-refractivity contribution < 1.29 is 9.47 Å². The highest BCUT2D eigenvalue weighted by Crippen LogP contribution is 2.30. The van der Waals surface area contributed by atoms with E-state index >= 15 is 0 Å². The summed E-state index contributed by atoms with van der Waals surface area (Å²) in [4.78, 5) is 0. The van der Waals surface area contributed by atoms with Gasteiger partial charge in [-0.15, -0.1) is 0 Å². The molecule has 2 rings (SSSR count). The van der Waals surface area contributed by atoms with E-state index in [4.69, 9.17) is 9.47 Å². The number of halogens is 1. The van der Waals surface area contributed by atoms with Crippen molar-refractivity contribution in [1.82, 2.24) is 0 Å². The van der Waals surface area contributed by atoms with Crippen LogP contribution >= 0.6 is 15.9 Å². The normalized spacial score (nSPS) is 16.3. The molecule has 0 aliphatic heterocycles. The van der Waals surface area contributed by atoms with Gasteiger partial charge in [0.1, 0.15) is 0 Å². The van der Waals surface area contributed by atoms with Crippen molar-refractivity contribution in [1.29, 1.82) is 0 Å². The number of rotatable bonds is 6. The van der Waals surface area contributed by atoms with Crippen molar-refractivity contribution in [2.45, 2.75) is 43.9 Å². The van der Waals surface area contributed by atoms with Crippen LogP contribution in [0.15, 0.2) is 18.2 Å². The van der Waals surface area contributed by atoms with Crippen LogP contribution < -0.4 is 9.47 Å². The lowest BCUT2D eigenvalue weighted by atomic mass is 9.87. The summed E-state index contributed by atoms with van der Waals surface area (Å²) in [6, 6.07) is 6.10. The van der Waals surface area contributed by atoms with Crippen LogP contribution in [0.2, 0.25) is 0 Å². The molecule has 0 amide bonds. The maximum atomic E-state index is 5.93. The first-order valence-corrected chi connectivity index (χ1v) is 8.31. The Morgan fingerprint density at radius 3 is 2.63 bits per heavy atom. The molecule has 2 nitrogen and oxygen atoms in total. The van der Waals surface area contributed by atoms with E-state index in [9.17, 15) is 0 Å². The van der Waals surface area contributed by atoms with Gasteiger partial charge >= 0.3 is 0 Å². The van der Waals surface area contributed by atoms with Crippen LogP contribution in [0.25, 0.3) is 0 Å². The SMILES string of the molecule is COc1ccc(CBr)cc1OCCC1CCCCC1. The summed E-state index contributed by atoms with van der Waals surface area (Å²) in [6.45, 7) is 0.798. The van der Waals surface area contributed by atoms with Crippen molar-refractivity contribution in [2.24, 2.45) is 5.92 Å². The third-order valence-corrected chi connectivity index (χ3v) is 4.54. The van der Waals surface area contributed by atoms with E-state index in [1.165, 1.54) is 44.1 Å². The number of alkyl halides is 1. The molecule has 0 spiro atoms. The second kappa shape index (κ2) is 7.78. The zero-order valence-corrected chi connectivity index (χ0v) is 13.2. The monoisotopic (exact) mass is 326 g/mol. The van der Waals surface area contributed by atoms with Crippen molar-refractivity contribution in [3.63, 3.8) is 0 Å². The molecule has 3 heteroatoms. The molecule has 1 aliphatic carbocycles. The van der Waals surface area contributed by atoms with Crippen LogP contribution in [0.4, 0.5) is 0 Å². The predicted octanol–water partition coefficient (Wildman–Crippen LogP) is 4.94. The highest BCUT2D eigenvalue weighted by atomic mass is 79.9. The van der Waals surface area contributed by atoms with Crippen molar-refractivity contribution >= 4 is 15.9 Å². The summed E-state index contributed by atoms with van der Waals surface area (Å²) in [5, 5.41) is 0.843. The summed E-state index contributed by atoms with van der Waals surface area (Å²) in [7, 11) is 1.69. The lowest BCUT2D eigenvalue weighted by molar-refractivity contribution is 0.238. The Balaban J connectivity index is 1.86. The van der Waals surface area contributed by atoms with Gasteiger partial charge in [0.25, 0.3) is 0 Å². The van der Waals surface area contributed by atoms with Crippen LogP contribution in [-0.2, 0) is 5.33 Å². The molecule has 1 aromatic carbocycles. The topological polar surface area (TPSA) is 18.5 Å². The quantitative estimate of drug-likeness (QED) is 0.689. The number of methoxy groups -OCH3 is 1. The molecule has 0 heterocycles. The van der Waals surface area contributed by atoms with Gasteiger partial charge in [-0.05, 0) is 30.0 Å². The minimum absolute atomic E-state index is 0.798. The molecular formula is C16H23BrO2. The third-order valence-electron chi connectivity index (χ3n) is 3.89. The number of ether oxygens (including phenoxy) is 2. The van der Waals surface area contributed by atoms with E-state index in [2.05, 4.69) is 28.1 Å². The molecule has 1 aliphatic rings. The van der Waals surface area contributed by atoms with Gasteiger partial charge in [-0.3, -0.25) is 0 Å². The predicted molar refractivity (Wildman–Crippen MR) is 82.3 cm³/mol. The number of hydrogen-bond donors (Lipinski definition) is 0. The van der Waals surface area contributed by atoms with Gasteiger partial charge in [0.05, 0.1) is 13.7 Å². The lowest BCUT2D eigenvalue weighted by Crippen LogP contribution is -2.11. The van der Waals surface area contributed by atoms with Gasteiger partial charge in [-0.2, -0.15) is 0 Å². The van der Waals surface area contributed by atoms with Gasteiger partial charge in [0, 0.05) is 5.33 Å². The zero-order valence-electron chi connectivity index (χ0n) is 11.7. The molecular weight excluding hydrogens is 304 g/mol. The van der Waals surface area contributed by atoms with E-state index in [-0.39, 0.29) is 0 Å². The average molecular weight is 327 g/mol. The van der Waals surface area contributed by atoms with Crippen molar-refractivity contribution in [3.05, 3.63) is 23.8 Å². The van der Waals surface area contributed by atoms with Gasteiger partial charge < -0.3 is 9.47 Å². The Hall–Kier alpha value is -0.700. The van der Waals surface area contributed by atoms with Crippen LogP contribution in [0.5, 0.6) is 11.5 Å². The lowest BCUT2D eigenvalue weighted by Gasteiger charge is -2.21. The summed E-state index contributed by atoms with van der Waals surface area (Å²) in [5.74, 6) is 2.56. The molecule has 1 aromatic rings. The molecule has 19 heavy (non-hydrogen) atoms. The molecule has 1 fully saturated rings. The fraction of sp³-hybridized carbons (Fsp3) is 0.625. The molecule has 0 N–H and O–H groups in total. The first kappa shape index (κ1) is 14.7. The minimum Gasteiger partial charge on any atom is -0.493 e. The summed E-state index contributed by atoms with van der Waals surface area (Å²) in [6.07, 6.45) is 8.13. The van der Waals surface area contributed by atoms with Crippen LogP contribution in [-0.4, -0.2) is 13.7 Å². The zero-order chi connectivity index (χ0) is 13.5. The van der Waals surface area contributed by atoms with Crippen LogP contribution in [0.3, 0.4) is 0 Å². The smallest absolute Gasteiger partial charge is 0.161 e. The second-order valence-corrected chi connectivity index (χ2v) is 5.82. The minimum atomic E-state index is 0.798. The summed E-state index contributed by atoms with van der Waals surface area (Å²) in [5.41, 5.74) is 1.22. The third kappa shape index (κ3) is 4.41. The maximum Gasteiger partial charge on any atom is 0.161 e. The van der Waals surface area contributed by atoms with E-state index < -0.39 is 0 Å². The highest BCUT2D eigenvalue weighted by molar-refractivity contribution is 9.08. The van der Waals surface area contributed by atoms with E-state index in [0.29, 0.717) is 0 Å². The molecule has 0 bridgehead atoms. The van der Waals surface area contributed by atoms with Gasteiger partial charge in [-0.1, -0.05) is 54.1 Å². The average Bonchev–Trinajstić information content (AvgIpc) is 2.48. The maximum absolute atomic E-state index is 5.93. The molecule has 1 saturated carbocycles. The Kier molecular flexibility index (Phi) is 6.02. The Morgan fingerprint density at radius 1 is 1.16 bits per heavy atom. The van der Waals surface area contributed by atoms with E-state index in [1.807, 2.05) is 6.07 Å². The van der Waals surface area contributed by atoms with Crippen LogP contribution in [0.1, 0.15) is 44.1 Å². The molecule has 106 valence electrons. The molecule has 0 unspecified atom stereocenters. The fourth-order valence-corrected chi connectivity index (χ4v) is 3.08. The summed E-state index contributed by atoms with van der Waals surface area (Å²) < 4.78 is 11.3. The van der Waals surface area contributed by atoms with Crippen molar-refractivity contribution in [3.8, 4) is 11.5 Å². The van der Waals surface area contributed by atoms with Gasteiger partial charge in [-0.25, -0.2) is 0 Å². The Bertz CT molecular complexity index is 386. The molecule has 0 aromatic heterocycles. The molecule has 0 radical (unpaired) electrons. The number of benzene rings is 1. The number of hydrogen-bond acceptors (Lipinski definition) is 2. The second-order valence-electron chi connectivity index (χ2n) is 5.26.